The number of rotatable bonds is 7. The van der Waals surface area contributed by atoms with Gasteiger partial charge in [0, 0.05) is 11.1 Å². The molecule has 1 amide bonds. The van der Waals surface area contributed by atoms with E-state index < -0.39 is 13.9 Å². The van der Waals surface area contributed by atoms with Crippen molar-refractivity contribution in [2.75, 3.05) is 0 Å². The first-order valence-corrected chi connectivity index (χ1v) is 8.11. The number of hydrogen-bond donors (Lipinski definition) is 2. The van der Waals surface area contributed by atoms with E-state index in [1.807, 2.05) is 30.3 Å². The highest BCUT2D eigenvalue weighted by Gasteiger charge is 2.52. The average molecular weight is 312 g/mol. The molecule has 5 nitrogen and oxygen atoms in total. The van der Waals surface area contributed by atoms with Gasteiger partial charge in [-0.3, -0.25) is 4.79 Å². The van der Waals surface area contributed by atoms with Crippen LogP contribution in [0, 0.1) is 11.8 Å². The summed E-state index contributed by atoms with van der Waals surface area (Å²) in [6, 6.07) is 9.49. The molecule has 21 heavy (non-hydrogen) atoms. The van der Waals surface area contributed by atoms with Gasteiger partial charge in [-0.1, -0.05) is 58.0 Å². The molecule has 0 spiro atoms. The van der Waals surface area contributed by atoms with E-state index >= 15 is 0 Å². The van der Waals surface area contributed by atoms with Gasteiger partial charge in [0.15, 0.2) is 0 Å². The van der Waals surface area contributed by atoms with Crippen molar-refractivity contribution in [1.29, 1.82) is 0 Å². The van der Waals surface area contributed by atoms with Gasteiger partial charge in [-0.05, 0) is 17.4 Å². The molecule has 0 aliphatic rings. The van der Waals surface area contributed by atoms with E-state index in [0.717, 1.165) is 5.56 Å². The highest BCUT2D eigenvalue weighted by Crippen LogP contribution is 2.38. The molecule has 0 fully saturated rings. The first-order valence-electron chi connectivity index (χ1n) is 6.98. The number of amides is 1. The maximum atomic E-state index is 12.6. The van der Waals surface area contributed by atoms with Gasteiger partial charge < -0.3 is 5.32 Å². The normalized spacial score (nSPS) is 12.6. The summed E-state index contributed by atoms with van der Waals surface area (Å²) in [5.41, 5.74) is -0.364. The van der Waals surface area contributed by atoms with Gasteiger partial charge in [-0.25, -0.2) is 0 Å². The Hall–Kier alpha value is -1.29. The topological polar surface area (TPSA) is 75.6 Å². The van der Waals surface area contributed by atoms with E-state index in [2.05, 4.69) is 5.32 Å². The third-order valence-electron chi connectivity index (χ3n) is 3.60. The molecule has 1 aromatic carbocycles. The van der Waals surface area contributed by atoms with E-state index in [9.17, 15) is 9.36 Å². The lowest BCUT2D eigenvalue weighted by atomic mass is 9.79. The summed E-state index contributed by atoms with van der Waals surface area (Å²) in [5, 5.41) is 2.80. The summed E-state index contributed by atoms with van der Waals surface area (Å²) < 4.78 is 16.3. The summed E-state index contributed by atoms with van der Waals surface area (Å²) in [5.74, 6) is -0.840. The van der Waals surface area contributed by atoms with Crippen molar-refractivity contribution in [3.05, 3.63) is 35.9 Å². The fraction of sp³-hybridized carbons (Fsp3) is 0.533. The Bertz CT molecular complexity index is 480. The number of nitrogens with one attached hydrogen (secondary N) is 1. The van der Waals surface area contributed by atoms with Crippen LogP contribution >= 0.6 is 8.25 Å². The summed E-state index contributed by atoms with van der Waals surface area (Å²) in [4.78, 5) is 21.7. The molecule has 0 aliphatic heterocycles. The lowest BCUT2D eigenvalue weighted by Crippen LogP contribution is -2.55. The van der Waals surface area contributed by atoms with Crippen LogP contribution in [0.5, 0.6) is 0 Å². The predicted octanol–water partition coefficient (Wildman–Crippen LogP) is 3.02. The van der Waals surface area contributed by atoms with E-state index in [-0.39, 0.29) is 17.7 Å². The highest BCUT2D eigenvalue weighted by molar-refractivity contribution is 7.32. The second-order valence-electron chi connectivity index (χ2n) is 5.60. The minimum Gasteiger partial charge on any atom is -0.349 e. The van der Waals surface area contributed by atoms with Gasteiger partial charge in [-0.15, -0.1) is 9.42 Å². The van der Waals surface area contributed by atoms with Crippen LogP contribution in [0.25, 0.3) is 0 Å². The monoisotopic (exact) mass is 312 g/mol. The molecule has 1 unspecified atom stereocenters. The molecule has 0 saturated heterocycles. The fourth-order valence-electron chi connectivity index (χ4n) is 2.49. The maximum Gasteiger partial charge on any atom is 0.695 e. The molecule has 0 heterocycles. The van der Waals surface area contributed by atoms with Gasteiger partial charge in [0.2, 0.25) is 5.60 Å². The lowest BCUT2D eigenvalue weighted by molar-refractivity contribution is -0.146. The van der Waals surface area contributed by atoms with Gasteiger partial charge in [-0.2, -0.15) is 0 Å². The van der Waals surface area contributed by atoms with Crippen LogP contribution in [0.1, 0.15) is 33.3 Å². The molecule has 0 radical (unpaired) electrons. The number of carbonyl (C=O) groups excluding carboxylic acids is 1. The third-order valence-corrected chi connectivity index (χ3v) is 4.05. The Balaban J connectivity index is 2.92. The second-order valence-corrected chi connectivity index (χ2v) is 6.26. The second kappa shape index (κ2) is 7.64. The SMILES string of the molecule is CC(C)C(O[P+](=O)O)(C(=O)NCc1ccccc1)C(C)C. The standard InChI is InChI=1S/C15H22NO4P/c1-11(2)15(12(3)4,20-21(18)19)14(17)16-10-13-8-6-5-7-9-13/h5-9,11-12H,10H2,1-4H3,(H-,16,17,18,19)/p+1. The van der Waals surface area contributed by atoms with Crippen molar-refractivity contribution in [1.82, 2.24) is 5.32 Å². The van der Waals surface area contributed by atoms with Crippen LogP contribution in [0.3, 0.4) is 0 Å². The van der Waals surface area contributed by atoms with E-state index in [1.54, 1.807) is 27.7 Å². The summed E-state index contributed by atoms with van der Waals surface area (Å²) in [6.07, 6.45) is 0. The first kappa shape index (κ1) is 17.8. The Morgan fingerprint density at radius 1 is 1.24 bits per heavy atom. The van der Waals surface area contributed by atoms with Gasteiger partial charge in [0.25, 0.3) is 5.91 Å². The van der Waals surface area contributed by atoms with Gasteiger partial charge in [0.05, 0.1) is 0 Å². The Morgan fingerprint density at radius 3 is 2.19 bits per heavy atom. The molecule has 2 N–H and O–H groups in total. The zero-order chi connectivity index (χ0) is 16.0. The van der Waals surface area contributed by atoms with Crippen molar-refractivity contribution in [3.63, 3.8) is 0 Å². The molecule has 0 aliphatic carbocycles. The van der Waals surface area contributed by atoms with E-state index in [0.29, 0.717) is 6.54 Å². The average Bonchev–Trinajstić information content (AvgIpc) is 2.42. The molecule has 0 saturated carbocycles. The Morgan fingerprint density at radius 2 is 1.76 bits per heavy atom. The van der Waals surface area contributed by atoms with Crippen molar-refractivity contribution < 1.29 is 18.8 Å². The Labute approximate surface area is 126 Å². The molecular weight excluding hydrogens is 289 g/mol. The summed E-state index contributed by atoms with van der Waals surface area (Å²) in [7, 11) is -2.86. The molecule has 0 bridgehead atoms. The molecule has 6 heteroatoms. The van der Waals surface area contributed by atoms with Crippen molar-refractivity contribution >= 4 is 14.2 Å². The van der Waals surface area contributed by atoms with Crippen molar-refractivity contribution in [3.8, 4) is 0 Å². The van der Waals surface area contributed by atoms with Crippen molar-refractivity contribution in [2.24, 2.45) is 11.8 Å². The zero-order valence-corrected chi connectivity index (χ0v) is 13.8. The van der Waals surface area contributed by atoms with E-state index in [4.69, 9.17) is 9.42 Å². The van der Waals surface area contributed by atoms with Crippen LogP contribution in [0.4, 0.5) is 0 Å². The minimum atomic E-state index is -2.86. The first-order chi connectivity index (χ1) is 9.80. The lowest BCUT2D eigenvalue weighted by Gasteiger charge is -2.33. The molecule has 0 aromatic heterocycles. The van der Waals surface area contributed by atoms with Crippen LogP contribution < -0.4 is 5.32 Å². The molecule has 1 atom stereocenters. The zero-order valence-electron chi connectivity index (χ0n) is 12.9. The Kier molecular flexibility index (Phi) is 6.46. The third kappa shape index (κ3) is 4.34. The molecule has 116 valence electrons. The summed E-state index contributed by atoms with van der Waals surface area (Å²) in [6.45, 7) is 7.58. The molecule has 1 rings (SSSR count). The van der Waals surface area contributed by atoms with Crippen LogP contribution in [-0.4, -0.2) is 16.4 Å². The quantitative estimate of drug-likeness (QED) is 0.759. The van der Waals surface area contributed by atoms with Crippen LogP contribution in [-0.2, 0) is 20.4 Å². The number of hydrogen-bond acceptors (Lipinski definition) is 3. The van der Waals surface area contributed by atoms with Crippen LogP contribution in [0.15, 0.2) is 30.3 Å². The van der Waals surface area contributed by atoms with Gasteiger partial charge >= 0.3 is 8.25 Å². The fourth-order valence-corrected chi connectivity index (χ4v) is 3.25. The molecular formula is C15H23NO4P+. The smallest absolute Gasteiger partial charge is 0.349 e. The number of benzene rings is 1. The predicted molar refractivity (Wildman–Crippen MR) is 81.6 cm³/mol. The molecule has 1 aromatic rings. The van der Waals surface area contributed by atoms with E-state index in [1.165, 1.54) is 0 Å². The number of carbonyl (C=O) groups is 1. The highest BCUT2D eigenvalue weighted by atomic mass is 31.1. The van der Waals surface area contributed by atoms with Gasteiger partial charge in [0.1, 0.15) is 0 Å². The van der Waals surface area contributed by atoms with Crippen molar-refractivity contribution in [2.45, 2.75) is 39.8 Å². The van der Waals surface area contributed by atoms with Crippen LogP contribution in [0.2, 0.25) is 0 Å². The summed E-state index contributed by atoms with van der Waals surface area (Å²) >= 11 is 0. The minimum absolute atomic E-state index is 0.237. The largest absolute Gasteiger partial charge is 0.695 e. The maximum absolute atomic E-state index is 12.6.